The van der Waals surface area contributed by atoms with E-state index in [0.717, 1.165) is 48.6 Å². The summed E-state index contributed by atoms with van der Waals surface area (Å²) in [6, 6.07) is 22.4. The molecule has 8 nitrogen and oxygen atoms in total. The highest BCUT2D eigenvalue weighted by atomic mass is 35.5. The van der Waals surface area contributed by atoms with Gasteiger partial charge in [-0.05, 0) is 66.6 Å². The maximum atomic E-state index is 12.7. The van der Waals surface area contributed by atoms with Crippen LogP contribution in [0.2, 0.25) is 0 Å². The Bertz CT molecular complexity index is 1340. The Hall–Kier alpha value is -3.11. The summed E-state index contributed by atoms with van der Waals surface area (Å²) in [4.78, 5) is 12.7. The number of sulfonamides is 1. The second-order valence-corrected chi connectivity index (χ2v) is 11.9. The van der Waals surface area contributed by atoms with Gasteiger partial charge >= 0.3 is 0 Å². The number of hydrogen-bond donors (Lipinski definition) is 3. The minimum atomic E-state index is -3.71. The molecule has 0 radical (unpaired) electrons. The van der Waals surface area contributed by atoms with Crippen LogP contribution >= 0.6 is 12.4 Å². The Morgan fingerprint density at radius 3 is 2.27 bits per heavy atom. The van der Waals surface area contributed by atoms with Gasteiger partial charge < -0.3 is 19.9 Å². The Morgan fingerprint density at radius 2 is 1.61 bits per heavy atom. The molecule has 10 heteroatoms. The molecule has 3 aromatic carbocycles. The molecule has 222 valence electrons. The van der Waals surface area contributed by atoms with Gasteiger partial charge in [0.1, 0.15) is 18.1 Å². The zero-order valence-electron chi connectivity index (χ0n) is 23.3. The minimum Gasteiger partial charge on any atom is -0.492 e. The molecule has 41 heavy (non-hydrogen) atoms. The molecule has 1 aliphatic rings. The Morgan fingerprint density at radius 1 is 0.951 bits per heavy atom. The van der Waals surface area contributed by atoms with Gasteiger partial charge in [-0.3, -0.25) is 4.79 Å². The predicted octanol–water partition coefficient (Wildman–Crippen LogP) is 5.27. The third-order valence-electron chi connectivity index (χ3n) is 6.86. The standard InChI is InChI=1S/C31H38N2O6S.ClH/c1-40(36,37)33-31(35)28-18-15-25(21-30(28)39-27-11-7-2-3-8-12-27)23-13-16-26(17-14-23)38-20-19-32-22-29(34)24-9-5-4-6-10-24;/h4-6,9-10,13-18,21,27,29,32,34H,2-3,7-8,11-12,19-20,22H2,1H3,(H,33,35);1H/t29-;/m0./s1. The highest BCUT2D eigenvalue weighted by Crippen LogP contribution is 2.31. The highest BCUT2D eigenvalue weighted by molar-refractivity contribution is 7.89. The van der Waals surface area contributed by atoms with E-state index in [2.05, 4.69) is 10.0 Å². The van der Waals surface area contributed by atoms with Gasteiger partial charge in [-0.15, -0.1) is 12.4 Å². The molecule has 1 saturated carbocycles. The fraction of sp³-hybridized carbons (Fsp3) is 0.387. The normalized spacial score (nSPS) is 14.8. The van der Waals surface area contributed by atoms with Crippen molar-refractivity contribution in [1.29, 1.82) is 0 Å². The molecular formula is C31H39ClN2O6S. The van der Waals surface area contributed by atoms with Crippen LogP contribution in [0.1, 0.15) is 60.6 Å². The SMILES string of the molecule is CS(=O)(=O)NC(=O)c1ccc(-c2ccc(OCCNC[C@H](O)c3ccccc3)cc2)cc1OC1CCCCCC1.Cl. The lowest BCUT2D eigenvalue weighted by molar-refractivity contribution is 0.0973. The molecule has 3 aromatic rings. The maximum Gasteiger partial charge on any atom is 0.268 e. The Balaban J connectivity index is 0.00000462. The lowest BCUT2D eigenvalue weighted by atomic mass is 10.0. The van der Waals surface area contributed by atoms with Crippen LogP contribution in [0.25, 0.3) is 11.1 Å². The number of ether oxygens (including phenoxy) is 2. The fourth-order valence-electron chi connectivity index (χ4n) is 4.77. The van der Waals surface area contributed by atoms with E-state index in [4.69, 9.17) is 9.47 Å². The Labute approximate surface area is 248 Å². The van der Waals surface area contributed by atoms with Crippen molar-refractivity contribution in [1.82, 2.24) is 10.0 Å². The van der Waals surface area contributed by atoms with Gasteiger partial charge in [0.2, 0.25) is 10.0 Å². The summed E-state index contributed by atoms with van der Waals surface area (Å²) in [5.41, 5.74) is 2.83. The molecule has 3 N–H and O–H groups in total. The summed E-state index contributed by atoms with van der Waals surface area (Å²) in [5.74, 6) is 0.397. The van der Waals surface area contributed by atoms with Crippen molar-refractivity contribution < 1.29 is 27.8 Å². The molecule has 0 aliphatic heterocycles. The van der Waals surface area contributed by atoms with Crippen molar-refractivity contribution in [2.45, 2.75) is 50.7 Å². The third kappa shape index (κ3) is 10.3. The van der Waals surface area contributed by atoms with E-state index in [1.54, 1.807) is 18.2 Å². The summed E-state index contributed by atoms with van der Waals surface area (Å²) in [6.07, 6.45) is 6.66. The number of rotatable bonds is 12. The molecule has 0 spiro atoms. The summed E-state index contributed by atoms with van der Waals surface area (Å²) in [6.45, 7) is 1.48. The van der Waals surface area contributed by atoms with E-state index in [1.165, 1.54) is 12.8 Å². The van der Waals surface area contributed by atoms with Crippen molar-refractivity contribution in [3.05, 3.63) is 83.9 Å². The van der Waals surface area contributed by atoms with E-state index in [1.807, 2.05) is 54.6 Å². The van der Waals surface area contributed by atoms with Gasteiger partial charge in [0.25, 0.3) is 5.91 Å². The van der Waals surface area contributed by atoms with Crippen molar-refractivity contribution in [3.8, 4) is 22.6 Å². The first-order valence-electron chi connectivity index (χ1n) is 13.8. The van der Waals surface area contributed by atoms with E-state index in [0.29, 0.717) is 31.2 Å². The molecule has 1 atom stereocenters. The Kier molecular flexibility index (Phi) is 12.5. The number of aliphatic hydroxyl groups is 1. The second kappa shape index (κ2) is 15.8. The van der Waals surface area contributed by atoms with Crippen molar-refractivity contribution in [2.24, 2.45) is 0 Å². The number of carbonyl (C=O) groups excluding carboxylic acids is 1. The average molecular weight is 603 g/mol. The first kappa shape index (κ1) is 32.4. The van der Waals surface area contributed by atoms with Crippen LogP contribution in [0.15, 0.2) is 72.8 Å². The zero-order valence-corrected chi connectivity index (χ0v) is 24.9. The summed E-state index contributed by atoms with van der Waals surface area (Å²) in [5, 5.41) is 13.4. The molecule has 4 rings (SSSR count). The monoisotopic (exact) mass is 602 g/mol. The van der Waals surface area contributed by atoms with Crippen LogP contribution in [0.4, 0.5) is 0 Å². The molecule has 1 amide bonds. The second-order valence-electron chi connectivity index (χ2n) is 10.1. The van der Waals surface area contributed by atoms with Gasteiger partial charge in [0.15, 0.2) is 0 Å². The largest absolute Gasteiger partial charge is 0.492 e. The predicted molar refractivity (Wildman–Crippen MR) is 163 cm³/mol. The number of carbonyl (C=O) groups is 1. The summed E-state index contributed by atoms with van der Waals surface area (Å²) < 4.78 is 37.6. The zero-order chi connectivity index (χ0) is 28.4. The minimum absolute atomic E-state index is 0. The van der Waals surface area contributed by atoms with Crippen molar-refractivity contribution in [3.63, 3.8) is 0 Å². The van der Waals surface area contributed by atoms with Crippen LogP contribution < -0.4 is 19.5 Å². The highest BCUT2D eigenvalue weighted by Gasteiger charge is 2.21. The number of amides is 1. The molecular weight excluding hydrogens is 564 g/mol. The summed E-state index contributed by atoms with van der Waals surface area (Å²) >= 11 is 0. The molecule has 0 unspecified atom stereocenters. The molecule has 1 fully saturated rings. The third-order valence-corrected chi connectivity index (χ3v) is 7.41. The van der Waals surface area contributed by atoms with Gasteiger partial charge in [-0.25, -0.2) is 13.1 Å². The fourth-order valence-corrected chi connectivity index (χ4v) is 5.21. The van der Waals surface area contributed by atoms with Crippen LogP contribution in [-0.4, -0.2) is 51.5 Å². The molecule has 0 aromatic heterocycles. The average Bonchev–Trinajstić information content (AvgIpc) is 3.21. The van der Waals surface area contributed by atoms with E-state index < -0.39 is 22.0 Å². The van der Waals surface area contributed by atoms with Gasteiger partial charge in [0, 0.05) is 13.1 Å². The number of nitrogens with one attached hydrogen (secondary N) is 2. The topological polar surface area (TPSA) is 114 Å². The van der Waals surface area contributed by atoms with E-state index in [-0.39, 0.29) is 24.1 Å². The van der Waals surface area contributed by atoms with Gasteiger partial charge in [-0.1, -0.05) is 61.4 Å². The van der Waals surface area contributed by atoms with Crippen LogP contribution in [0.3, 0.4) is 0 Å². The quantitative estimate of drug-likeness (QED) is 0.191. The maximum absolute atomic E-state index is 12.7. The number of benzene rings is 3. The molecule has 0 heterocycles. The van der Waals surface area contributed by atoms with E-state index >= 15 is 0 Å². The van der Waals surface area contributed by atoms with Gasteiger partial charge in [-0.2, -0.15) is 0 Å². The van der Waals surface area contributed by atoms with Crippen molar-refractivity contribution >= 4 is 28.3 Å². The van der Waals surface area contributed by atoms with E-state index in [9.17, 15) is 18.3 Å². The van der Waals surface area contributed by atoms with Crippen LogP contribution in [0, 0.1) is 0 Å². The van der Waals surface area contributed by atoms with Crippen LogP contribution in [-0.2, 0) is 10.0 Å². The molecule has 1 aliphatic carbocycles. The van der Waals surface area contributed by atoms with Crippen molar-refractivity contribution in [2.75, 3.05) is 26.0 Å². The van der Waals surface area contributed by atoms with Crippen LogP contribution in [0.5, 0.6) is 11.5 Å². The lowest BCUT2D eigenvalue weighted by Crippen LogP contribution is -2.30. The first-order chi connectivity index (χ1) is 19.3. The van der Waals surface area contributed by atoms with Gasteiger partial charge in [0.05, 0.1) is 24.0 Å². The number of aliphatic hydroxyl groups excluding tert-OH is 1. The molecule has 0 saturated heterocycles. The first-order valence-corrected chi connectivity index (χ1v) is 15.7. The summed E-state index contributed by atoms with van der Waals surface area (Å²) in [7, 11) is -3.71. The number of hydrogen-bond acceptors (Lipinski definition) is 7. The smallest absolute Gasteiger partial charge is 0.268 e. The number of halogens is 1. The lowest BCUT2D eigenvalue weighted by Gasteiger charge is -2.20. The molecule has 0 bridgehead atoms.